The maximum atomic E-state index is 12.0. The minimum Gasteiger partial charge on any atom is -0.461 e. The summed E-state index contributed by atoms with van der Waals surface area (Å²) in [5, 5.41) is 3.53. The van der Waals surface area contributed by atoms with E-state index >= 15 is 0 Å². The van der Waals surface area contributed by atoms with E-state index in [1.807, 2.05) is 30.3 Å². The third-order valence-electron chi connectivity index (χ3n) is 6.67. The number of esters is 1. The second kappa shape index (κ2) is 20.0. The van der Waals surface area contributed by atoms with E-state index in [-0.39, 0.29) is 5.97 Å². The van der Waals surface area contributed by atoms with Crippen LogP contribution in [0.1, 0.15) is 114 Å². The summed E-state index contributed by atoms with van der Waals surface area (Å²) < 4.78 is 5.36. The summed E-state index contributed by atoms with van der Waals surface area (Å²) in [7, 11) is 0. The minimum atomic E-state index is -0.145. The van der Waals surface area contributed by atoms with Crippen LogP contribution in [0.4, 0.5) is 5.69 Å². The first kappa shape index (κ1) is 28.9. The van der Waals surface area contributed by atoms with Gasteiger partial charge in [0.1, 0.15) is 6.61 Å². The standard InChI is InChI=1S/C32H49NO2/c1-2-3-4-5-6-7-8-9-10-11-12-13-14-18-27-33-31-24-21-29(22-25-31)23-26-32(34)35-28-30-19-16-15-17-20-30/h15-17,19-22,24-25,33H,2-14,18,23,26-28H2,1H3. The van der Waals surface area contributed by atoms with Gasteiger partial charge in [0.05, 0.1) is 0 Å². The van der Waals surface area contributed by atoms with Crippen molar-refractivity contribution in [1.29, 1.82) is 0 Å². The Morgan fingerprint density at radius 1 is 0.657 bits per heavy atom. The van der Waals surface area contributed by atoms with Gasteiger partial charge in [-0.1, -0.05) is 133 Å². The van der Waals surface area contributed by atoms with Gasteiger partial charge in [0.25, 0.3) is 0 Å². The Hall–Kier alpha value is -2.29. The Kier molecular flexibility index (Phi) is 16.5. The van der Waals surface area contributed by atoms with Crippen LogP contribution >= 0.6 is 0 Å². The van der Waals surface area contributed by atoms with E-state index in [4.69, 9.17) is 4.74 Å². The van der Waals surface area contributed by atoms with Crippen molar-refractivity contribution in [3.63, 3.8) is 0 Å². The number of hydrogen-bond acceptors (Lipinski definition) is 3. The summed E-state index contributed by atoms with van der Waals surface area (Å²) in [6, 6.07) is 18.3. The molecule has 2 aromatic carbocycles. The lowest BCUT2D eigenvalue weighted by atomic mass is 10.0. The third kappa shape index (κ3) is 15.3. The molecule has 35 heavy (non-hydrogen) atoms. The molecule has 0 amide bonds. The number of aryl methyl sites for hydroxylation is 1. The van der Waals surface area contributed by atoms with Crippen molar-refractivity contribution < 1.29 is 9.53 Å². The predicted octanol–water partition coefficient (Wildman–Crippen LogP) is 9.26. The molecule has 0 atom stereocenters. The van der Waals surface area contributed by atoms with E-state index in [1.165, 1.54) is 95.5 Å². The number of carbonyl (C=O) groups is 1. The molecule has 0 unspecified atom stereocenters. The lowest BCUT2D eigenvalue weighted by Crippen LogP contribution is -2.06. The monoisotopic (exact) mass is 479 g/mol. The Morgan fingerprint density at radius 3 is 1.77 bits per heavy atom. The minimum absolute atomic E-state index is 0.145. The molecule has 3 heteroatoms. The first-order chi connectivity index (χ1) is 17.3. The van der Waals surface area contributed by atoms with Crippen LogP contribution < -0.4 is 5.32 Å². The van der Waals surface area contributed by atoms with Crippen molar-refractivity contribution in [1.82, 2.24) is 0 Å². The highest BCUT2D eigenvalue weighted by atomic mass is 16.5. The molecule has 0 spiro atoms. The second-order valence-electron chi connectivity index (χ2n) is 9.87. The first-order valence-corrected chi connectivity index (χ1v) is 14.3. The van der Waals surface area contributed by atoms with Crippen LogP contribution in [-0.4, -0.2) is 12.5 Å². The normalized spacial score (nSPS) is 10.9. The zero-order chi connectivity index (χ0) is 24.8. The molecule has 0 saturated carbocycles. The van der Waals surface area contributed by atoms with Crippen LogP contribution in [0.15, 0.2) is 54.6 Å². The molecule has 2 aromatic rings. The molecule has 0 aliphatic rings. The van der Waals surface area contributed by atoms with E-state index < -0.39 is 0 Å². The van der Waals surface area contributed by atoms with Crippen LogP contribution in [0, 0.1) is 0 Å². The van der Waals surface area contributed by atoms with Crippen molar-refractivity contribution in [3.8, 4) is 0 Å². The van der Waals surface area contributed by atoms with Crippen LogP contribution in [0.2, 0.25) is 0 Å². The van der Waals surface area contributed by atoms with Crippen molar-refractivity contribution in [2.75, 3.05) is 11.9 Å². The van der Waals surface area contributed by atoms with Gasteiger partial charge in [-0.3, -0.25) is 4.79 Å². The zero-order valence-corrected chi connectivity index (χ0v) is 22.2. The highest BCUT2D eigenvalue weighted by molar-refractivity contribution is 5.69. The zero-order valence-electron chi connectivity index (χ0n) is 22.2. The Balaban J connectivity index is 1.40. The first-order valence-electron chi connectivity index (χ1n) is 14.3. The number of nitrogens with one attached hydrogen (secondary N) is 1. The van der Waals surface area contributed by atoms with E-state index in [0.717, 1.165) is 17.8 Å². The lowest BCUT2D eigenvalue weighted by Gasteiger charge is -2.08. The number of ether oxygens (including phenoxy) is 1. The van der Waals surface area contributed by atoms with E-state index in [9.17, 15) is 4.79 Å². The average molecular weight is 480 g/mol. The summed E-state index contributed by atoms with van der Waals surface area (Å²) >= 11 is 0. The van der Waals surface area contributed by atoms with Crippen molar-refractivity contribution in [2.24, 2.45) is 0 Å². The van der Waals surface area contributed by atoms with E-state index in [2.05, 4.69) is 36.5 Å². The Labute approximate surface area is 215 Å². The molecule has 0 aliphatic carbocycles. The van der Waals surface area contributed by atoms with Gasteiger partial charge in [-0.05, 0) is 36.1 Å². The molecule has 0 bridgehead atoms. The molecule has 3 nitrogen and oxygen atoms in total. The van der Waals surface area contributed by atoms with Gasteiger partial charge < -0.3 is 10.1 Å². The highest BCUT2D eigenvalue weighted by Gasteiger charge is 2.05. The van der Waals surface area contributed by atoms with Gasteiger partial charge in [0.15, 0.2) is 0 Å². The van der Waals surface area contributed by atoms with Gasteiger partial charge in [-0.25, -0.2) is 0 Å². The molecule has 0 saturated heterocycles. The number of carbonyl (C=O) groups excluding carboxylic acids is 1. The summed E-state index contributed by atoms with van der Waals surface area (Å²) in [6.45, 7) is 3.67. The molecule has 194 valence electrons. The lowest BCUT2D eigenvalue weighted by molar-refractivity contribution is -0.144. The van der Waals surface area contributed by atoms with Crippen LogP contribution in [-0.2, 0) is 22.6 Å². The summed E-state index contributed by atoms with van der Waals surface area (Å²) in [5.74, 6) is -0.145. The van der Waals surface area contributed by atoms with E-state index in [0.29, 0.717) is 19.4 Å². The SMILES string of the molecule is CCCCCCCCCCCCCCCCNc1ccc(CCC(=O)OCc2ccccc2)cc1. The maximum Gasteiger partial charge on any atom is 0.306 e. The van der Waals surface area contributed by atoms with Crippen LogP contribution in [0.3, 0.4) is 0 Å². The highest BCUT2D eigenvalue weighted by Crippen LogP contribution is 2.14. The molecule has 0 aromatic heterocycles. The van der Waals surface area contributed by atoms with Gasteiger partial charge in [-0.15, -0.1) is 0 Å². The van der Waals surface area contributed by atoms with Crippen molar-refractivity contribution >= 4 is 11.7 Å². The van der Waals surface area contributed by atoms with Crippen LogP contribution in [0.5, 0.6) is 0 Å². The quantitative estimate of drug-likeness (QED) is 0.143. The Bertz CT molecular complexity index is 757. The number of anilines is 1. The van der Waals surface area contributed by atoms with Crippen molar-refractivity contribution in [2.45, 2.75) is 116 Å². The molecule has 2 rings (SSSR count). The van der Waals surface area contributed by atoms with Crippen LogP contribution in [0.25, 0.3) is 0 Å². The molecule has 0 aliphatic heterocycles. The third-order valence-corrected chi connectivity index (χ3v) is 6.67. The summed E-state index contributed by atoms with van der Waals surface area (Å²) in [5.41, 5.74) is 3.36. The van der Waals surface area contributed by atoms with Gasteiger partial charge in [0.2, 0.25) is 0 Å². The molecule has 0 heterocycles. The molecule has 1 N–H and O–H groups in total. The molecule has 0 fully saturated rings. The molecular formula is C32H49NO2. The number of benzene rings is 2. The van der Waals surface area contributed by atoms with E-state index in [1.54, 1.807) is 0 Å². The van der Waals surface area contributed by atoms with Gasteiger partial charge in [0, 0.05) is 18.7 Å². The van der Waals surface area contributed by atoms with Crippen molar-refractivity contribution in [3.05, 3.63) is 65.7 Å². The fourth-order valence-electron chi connectivity index (χ4n) is 4.40. The summed E-state index contributed by atoms with van der Waals surface area (Å²) in [6.07, 6.45) is 20.6. The van der Waals surface area contributed by atoms with Gasteiger partial charge >= 0.3 is 5.97 Å². The molecular weight excluding hydrogens is 430 g/mol. The second-order valence-corrected chi connectivity index (χ2v) is 9.87. The number of hydrogen-bond donors (Lipinski definition) is 1. The topological polar surface area (TPSA) is 38.3 Å². The fourth-order valence-corrected chi connectivity index (χ4v) is 4.40. The van der Waals surface area contributed by atoms with Gasteiger partial charge in [-0.2, -0.15) is 0 Å². The average Bonchev–Trinajstić information content (AvgIpc) is 2.89. The Morgan fingerprint density at radius 2 is 1.20 bits per heavy atom. The maximum absolute atomic E-state index is 12.0. The fraction of sp³-hybridized carbons (Fsp3) is 0.594. The number of rotatable bonds is 21. The summed E-state index contributed by atoms with van der Waals surface area (Å²) in [4.78, 5) is 12.0. The largest absolute Gasteiger partial charge is 0.461 e. The smallest absolute Gasteiger partial charge is 0.306 e. The predicted molar refractivity (Wildman–Crippen MR) is 150 cm³/mol. The molecule has 0 radical (unpaired) electrons. The number of unbranched alkanes of at least 4 members (excludes halogenated alkanes) is 13.